The minimum absolute atomic E-state index is 0.266. The molecule has 0 amide bonds. The van der Waals surface area contributed by atoms with Crippen LogP contribution in [0.2, 0.25) is 10.0 Å². The summed E-state index contributed by atoms with van der Waals surface area (Å²) in [7, 11) is 0. The van der Waals surface area contributed by atoms with Gasteiger partial charge in [0.05, 0.1) is 0 Å². The van der Waals surface area contributed by atoms with Crippen molar-refractivity contribution in [2.75, 3.05) is 6.54 Å². The Morgan fingerprint density at radius 2 is 1.85 bits per heavy atom. The van der Waals surface area contributed by atoms with Gasteiger partial charge in [0, 0.05) is 15.6 Å². The monoisotopic (exact) mass is 313 g/mol. The van der Waals surface area contributed by atoms with Crippen LogP contribution in [-0.4, -0.2) is 6.54 Å². The lowest BCUT2D eigenvalue weighted by Crippen LogP contribution is -2.06. The van der Waals surface area contributed by atoms with Crippen LogP contribution >= 0.6 is 23.2 Å². The minimum Gasteiger partial charge on any atom is -0.489 e. The molecule has 0 atom stereocenters. The molecule has 0 bridgehead atoms. The van der Waals surface area contributed by atoms with Gasteiger partial charge in [0.25, 0.3) is 0 Å². The maximum atomic E-state index is 13.2. The van der Waals surface area contributed by atoms with Crippen molar-refractivity contribution in [2.45, 2.75) is 13.0 Å². The van der Waals surface area contributed by atoms with Gasteiger partial charge in [-0.25, -0.2) is 4.39 Å². The normalized spacial score (nSPS) is 10.6. The van der Waals surface area contributed by atoms with Gasteiger partial charge < -0.3 is 10.5 Å². The van der Waals surface area contributed by atoms with E-state index in [4.69, 9.17) is 33.7 Å². The first-order valence-corrected chi connectivity index (χ1v) is 6.91. The van der Waals surface area contributed by atoms with E-state index in [9.17, 15) is 4.39 Å². The highest BCUT2D eigenvalue weighted by Gasteiger charge is 2.07. The zero-order valence-corrected chi connectivity index (χ0v) is 12.2. The molecule has 0 unspecified atom stereocenters. The average Bonchev–Trinajstić information content (AvgIpc) is 2.42. The van der Waals surface area contributed by atoms with E-state index in [1.54, 1.807) is 24.3 Å². The molecule has 0 heterocycles. The first kappa shape index (κ1) is 15.1. The lowest BCUT2D eigenvalue weighted by atomic mass is 10.1. The second-order valence-electron chi connectivity index (χ2n) is 4.32. The summed E-state index contributed by atoms with van der Waals surface area (Å²) in [6.45, 7) is 0.695. The van der Waals surface area contributed by atoms with Crippen LogP contribution in [0.1, 0.15) is 11.1 Å². The van der Waals surface area contributed by atoms with E-state index in [1.165, 1.54) is 12.1 Å². The van der Waals surface area contributed by atoms with Crippen molar-refractivity contribution < 1.29 is 9.13 Å². The van der Waals surface area contributed by atoms with Crippen molar-refractivity contribution in [3.05, 3.63) is 63.4 Å². The number of rotatable bonds is 5. The SMILES string of the molecule is NCCc1cc(F)ccc1OCc1cc(Cl)ccc1Cl. The first-order chi connectivity index (χ1) is 9.60. The summed E-state index contributed by atoms with van der Waals surface area (Å²) in [5, 5.41) is 1.17. The summed E-state index contributed by atoms with van der Waals surface area (Å²) < 4.78 is 18.9. The molecule has 20 heavy (non-hydrogen) atoms. The number of benzene rings is 2. The topological polar surface area (TPSA) is 35.2 Å². The van der Waals surface area contributed by atoms with Gasteiger partial charge >= 0.3 is 0 Å². The summed E-state index contributed by atoms with van der Waals surface area (Å²) in [6.07, 6.45) is 0.552. The third-order valence-electron chi connectivity index (χ3n) is 2.83. The van der Waals surface area contributed by atoms with E-state index in [2.05, 4.69) is 0 Å². The van der Waals surface area contributed by atoms with Crippen LogP contribution in [0.3, 0.4) is 0 Å². The Labute approximate surface area is 127 Å². The Bertz CT molecular complexity index is 604. The van der Waals surface area contributed by atoms with Gasteiger partial charge in [0.2, 0.25) is 0 Å². The molecule has 0 saturated heterocycles. The second kappa shape index (κ2) is 6.93. The third-order valence-corrected chi connectivity index (χ3v) is 3.43. The molecule has 2 aromatic carbocycles. The van der Waals surface area contributed by atoms with Crippen LogP contribution in [0, 0.1) is 5.82 Å². The summed E-state index contributed by atoms with van der Waals surface area (Å²) in [5.41, 5.74) is 7.04. The van der Waals surface area contributed by atoms with E-state index in [1.807, 2.05) is 0 Å². The summed E-state index contributed by atoms with van der Waals surface area (Å²) in [5.74, 6) is 0.300. The summed E-state index contributed by atoms with van der Waals surface area (Å²) >= 11 is 12.0. The molecule has 0 fully saturated rings. The molecule has 2 nitrogen and oxygen atoms in total. The minimum atomic E-state index is -0.304. The third kappa shape index (κ3) is 3.85. The van der Waals surface area contributed by atoms with Crippen LogP contribution < -0.4 is 10.5 Å². The largest absolute Gasteiger partial charge is 0.489 e. The zero-order valence-electron chi connectivity index (χ0n) is 10.7. The van der Waals surface area contributed by atoms with E-state index in [0.29, 0.717) is 28.8 Å². The Balaban J connectivity index is 2.16. The highest BCUT2D eigenvalue weighted by molar-refractivity contribution is 6.33. The van der Waals surface area contributed by atoms with Crippen LogP contribution in [0.15, 0.2) is 36.4 Å². The van der Waals surface area contributed by atoms with Gasteiger partial charge in [-0.3, -0.25) is 0 Å². The Morgan fingerprint density at radius 1 is 1.05 bits per heavy atom. The van der Waals surface area contributed by atoms with Crippen LogP contribution in [0.5, 0.6) is 5.75 Å². The molecule has 0 radical (unpaired) electrons. The molecular weight excluding hydrogens is 300 g/mol. The quantitative estimate of drug-likeness (QED) is 0.897. The predicted octanol–water partition coefficient (Wildman–Crippen LogP) is 4.21. The molecule has 2 N–H and O–H groups in total. The van der Waals surface area contributed by atoms with Gasteiger partial charge in [0.1, 0.15) is 18.2 Å². The Kier molecular flexibility index (Phi) is 5.24. The van der Waals surface area contributed by atoms with Gasteiger partial charge in [-0.05, 0) is 54.9 Å². The fourth-order valence-corrected chi connectivity index (χ4v) is 2.22. The van der Waals surface area contributed by atoms with E-state index >= 15 is 0 Å². The van der Waals surface area contributed by atoms with Crippen LogP contribution in [0.4, 0.5) is 4.39 Å². The smallest absolute Gasteiger partial charge is 0.123 e. The van der Waals surface area contributed by atoms with Gasteiger partial charge in [-0.1, -0.05) is 23.2 Å². The maximum Gasteiger partial charge on any atom is 0.123 e. The van der Waals surface area contributed by atoms with Crippen molar-refractivity contribution in [2.24, 2.45) is 5.73 Å². The number of halogens is 3. The average molecular weight is 314 g/mol. The van der Waals surface area contributed by atoms with Crippen LogP contribution in [-0.2, 0) is 13.0 Å². The Hall–Kier alpha value is -1.29. The van der Waals surface area contributed by atoms with Crippen molar-refractivity contribution in [3.8, 4) is 5.75 Å². The molecule has 0 aliphatic heterocycles. The fraction of sp³-hybridized carbons (Fsp3) is 0.200. The molecule has 0 spiro atoms. The number of hydrogen-bond donors (Lipinski definition) is 1. The van der Waals surface area contributed by atoms with Crippen molar-refractivity contribution in [1.82, 2.24) is 0 Å². The van der Waals surface area contributed by atoms with Gasteiger partial charge in [0.15, 0.2) is 0 Å². The fourth-order valence-electron chi connectivity index (χ4n) is 1.85. The number of ether oxygens (including phenoxy) is 1. The summed E-state index contributed by atoms with van der Waals surface area (Å²) in [4.78, 5) is 0. The highest BCUT2D eigenvalue weighted by Crippen LogP contribution is 2.25. The maximum absolute atomic E-state index is 13.2. The molecule has 0 saturated carbocycles. The molecule has 0 aliphatic carbocycles. The molecule has 2 aromatic rings. The van der Waals surface area contributed by atoms with E-state index in [-0.39, 0.29) is 12.4 Å². The van der Waals surface area contributed by atoms with Crippen molar-refractivity contribution >= 4 is 23.2 Å². The first-order valence-electron chi connectivity index (χ1n) is 6.15. The van der Waals surface area contributed by atoms with Crippen molar-refractivity contribution in [3.63, 3.8) is 0 Å². The zero-order chi connectivity index (χ0) is 14.5. The van der Waals surface area contributed by atoms with E-state index < -0.39 is 0 Å². The second-order valence-corrected chi connectivity index (χ2v) is 5.16. The molecule has 0 aliphatic rings. The van der Waals surface area contributed by atoms with Crippen molar-refractivity contribution in [1.29, 1.82) is 0 Å². The standard InChI is InChI=1S/C15H14Cl2FNO/c16-12-1-3-14(17)11(7-12)9-20-15-4-2-13(18)8-10(15)5-6-19/h1-4,7-8H,5-6,9,19H2. The van der Waals surface area contributed by atoms with Crippen LogP contribution in [0.25, 0.3) is 0 Å². The predicted molar refractivity (Wildman–Crippen MR) is 80.0 cm³/mol. The molecule has 106 valence electrons. The lowest BCUT2D eigenvalue weighted by Gasteiger charge is -2.12. The molecule has 0 aromatic heterocycles. The van der Waals surface area contributed by atoms with E-state index in [0.717, 1.165) is 11.1 Å². The highest BCUT2D eigenvalue weighted by atomic mass is 35.5. The Morgan fingerprint density at radius 3 is 2.60 bits per heavy atom. The van der Waals surface area contributed by atoms with Gasteiger partial charge in [-0.15, -0.1) is 0 Å². The molecular formula is C15H14Cl2FNO. The lowest BCUT2D eigenvalue weighted by molar-refractivity contribution is 0.302. The molecule has 5 heteroatoms. The van der Waals surface area contributed by atoms with Gasteiger partial charge in [-0.2, -0.15) is 0 Å². The molecule has 2 rings (SSSR count). The number of hydrogen-bond acceptors (Lipinski definition) is 2. The summed E-state index contributed by atoms with van der Waals surface area (Å²) in [6, 6.07) is 9.56. The number of nitrogens with two attached hydrogens (primary N) is 1.